The van der Waals surface area contributed by atoms with E-state index in [1.165, 1.54) is 50.7 Å². The zero-order valence-electron chi connectivity index (χ0n) is 13.9. The Kier molecular flexibility index (Phi) is 7.17. The van der Waals surface area contributed by atoms with E-state index in [-0.39, 0.29) is 0 Å². The maximum absolute atomic E-state index is 4.39. The summed E-state index contributed by atoms with van der Waals surface area (Å²) in [7, 11) is 4.19. The summed E-state index contributed by atoms with van der Waals surface area (Å²) in [5.74, 6) is 2.25. The Morgan fingerprint density at radius 1 is 1.24 bits per heavy atom. The van der Waals surface area contributed by atoms with Gasteiger partial charge in [0.05, 0.1) is 0 Å². The fourth-order valence-electron chi connectivity index (χ4n) is 3.70. The number of thioether (sulfide) groups is 1. The fraction of sp³-hybridized carbons (Fsp3) is 0.938. The molecule has 2 N–H and O–H groups in total. The smallest absolute Gasteiger partial charge is 0.191 e. The maximum Gasteiger partial charge on any atom is 0.191 e. The Hall–Kier alpha value is -0.420. The summed E-state index contributed by atoms with van der Waals surface area (Å²) in [5, 5.41) is 7.12. The Balaban J connectivity index is 1.72. The lowest BCUT2D eigenvalue weighted by Gasteiger charge is -2.47. The van der Waals surface area contributed by atoms with Gasteiger partial charge in [-0.25, -0.2) is 0 Å². The lowest BCUT2D eigenvalue weighted by molar-refractivity contribution is 0.0526. The van der Waals surface area contributed by atoms with Crippen LogP contribution in [0.5, 0.6) is 0 Å². The highest BCUT2D eigenvalue weighted by atomic mass is 32.2. The van der Waals surface area contributed by atoms with Crippen molar-refractivity contribution in [2.45, 2.75) is 63.1 Å². The van der Waals surface area contributed by atoms with Gasteiger partial charge in [0.15, 0.2) is 5.96 Å². The lowest BCUT2D eigenvalue weighted by Crippen LogP contribution is -2.56. The minimum atomic E-state index is 0.592. The average molecular weight is 313 g/mol. The summed E-state index contributed by atoms with van der Waals surface area (Å²) in [4.78, 5) is 7.00. The van der Waals surface area contributed by atoms with Crippen LogP contribution in [0, 0.1) is 0 Å². The molecule has 2 heterocycles. The largest absolute Gasteiger partial charge is 0.356 e. The molecule has 21 heavy (non-hydrogen) atoms. The quantitative estimate of drug-likeness (QED) is 0.448. The molecule has 2 bridgehead atoms. The number of nitrogens with zero attached hydrogens (tertiary/aromatic N) is 2. The molecule has 0 amide bonds. The first-order valence-electron chi connectivity index (χ1n) is 8.42. The van der Waals surface area contributed by atoms with Crippen LogP contribution in [-0.4, -0.2) is 61.6 Å². The highest BCUT2D eigenvalue weighted by molar-refractivity contribution is 7.98. The first kappa shape index (κ1) is 16.9. The Morgan fingerprint density at radius 2 is 1.95 bits per heavy atom. The monoisotopic (exact) mass is 312 g/mol. The number of aliphatic imine (C=N–C) groups is 1. The highest BCUT2D eigenvalue weighted by Crippen LogP contribution is 2.32. The molecule has 0 saturated carbocycles. The molecule has 2 aliphatic rings. The first-order chi connectivity index (χ1) is 10.2. The normalized spacial score (nSPS) is 30.2. The molecule has 2 atom stereocenters. The summed E-state index contributed by atoms with van der Waals surface area (Å²) in [6.07, 6.45) is 11.3. The van der Waals surface area contributed by atoms with Crippen molar-refractivity contribution in [1.29, 1.82) is 0 Å². The summed E-state index contributed by atoms with van der Waals surface area (Å²) >= 11 is 1.93. The third-order valence-electron chi connectivity index (χ3n) is 4.97. The number of hydrogen-bond acceptors (Lipinski definition) is 3. The predicted octanol–water partition coefficient (Wildman–Crippen LogP) is 2.31. The fourth-order valence-corrected chi connectivity index (χ4v) is 4.19. The molecule has 122 valence electrons. The summed E-state index contributed by atoms with van der Waals surface area (Å²) < 4.78 is 0. The van der Waals surface area contributed by atoms with Crippen molar-refractivity contribution in [3.63, 3.8) is 0 Å². The van der Waals surface area contributed by atoms with Crippen molar-refractivity contribution in [2.75, 3.05) is 32.6 Å². The molecular formula is C16H32N4S. The second kappa shape index (κ2) is 8.89. The Morgan fingerprint density at radius 3 is 2.57 bits per heavy atom. The van der Waals surface area contributed by atoms with Gasteiger partial charge in [-0.2, -0.15) is 11.8 Å². The van der Waals surface area contributed by atoms with Gasteiger partial charge in [0.2, 0.25) is 0 Å². The van der Waals surface area contributed by atoms with E-state index in [9.17, 15) is 0 Å². The second-order valence-corrected chi connectivity index (χ2v) is 7.40. The van der Waals surface area contributed by atoms with Gasteiger partial charge < -0.3 is 15.5 Å². The van der Waals surface area contributed by atoms with Crippen LogP contribution in [0.25, 0.3) is 0 Å². The average Bonchev–Trinajstić information content (AvgIpc) is 2.46. The molecule has 0 aliphatic carbocycles. The predicted molar refractivity (Wildman–Crippen MR) is 94.3 cm³/mol. The van der Waals surface area contributed by atoms with Gasteiger partial charge in [0.1, 0.15) is 0 Å². The van der Waals surface area contributed by atoms with Gasteiger partial charge in [-0.05, 0) is 57.6 Å². The van der Waals surface area contributed by atoms with Crippen LogP contribution in [0.2, 0.25) is 0 Å². The molecule has 0 aromatic carbocycles. The molecule has 2 fully saturated rings. The minimum Gasteiger partial charge on any atom is -0.356 e. The number of unbranched alkanes of at least 4 members (excludes halogenated alkanes) is 1. The van der Waals surface area contributed by atoms with E-state index in [1.807, 2.05) is 18.8 Å². The van der Waals surface area contributed by atoms with Crippen LogP contribution in [0.4, 0.5) is 0 Å². The molecule has 2 rings (SSSR count). The van der Waals surface area contributed by atoms with Crippen LogP contribution >= 0.6 is 11.8 Å². The number of fused-ring (bicyclic) bond motifs is 2. The van der Waals surface area contributed by atoms with Gasteiger partial charge in [-0.15, -0.1) is 0 Å². The van der Waals surface area contributed by atoms with Crippen LogP contribution in [-0.2, 0) is 0 Å². The van der Waals surface area contributed by atoms with Gasteiger partial charge >= 0.3 is 0 Å². The number of piperidine rings is 2. The standard InChI is InChI=1S/C16H32N4S/c1-17-16(18-9-4-5-10-21-3)19-13-11-14-7-6-8-15(12-13)20(14)2/h13-15H,4-12H2,1-3H3,(H2,17,18,19). The van der Waals surface area contributed by atoms with Crippen LogP contribution in [0.1, 0.15) is 44.9 Å². The van der Waals surface area contributed by atoms with Gasteiger partial charge in [0.25, 0.3) is 0 Å². The molecular weight excluding hydrogens is 280 g/mol. The van der Waals surface area contributed by atoms with Gasteiger partial charge in [0, 0.05) is 31.7 Å². The molecule has 5 heteroatoms. The zero-order chi connectivity index (χ0) is 15.1. The van der Waals surface area contributed by atoms with Crippen molar-refractivity contribution < 1.29 is 0 Å². The molecule has 0 aromatic heterocycles. The van der Waals surface area contributed by atoms with E-state index >= 15 is 0 Å². The second-order valence-electron chi connectivity index (χ2n) is 6.42. The van der Waals surface area contributed by atoms with E-state index in [0.29, 0.717) is 6.04 Å². The van der Waals surface area contributed by atoms with E-state index in [0.717, 1.165) is 24.6 Å². The molecule has 0 spiro atoms. The van der Waals surface area contributed by atoms with Crippen LogP contribution in [0.15, 0.2) is 4.99 Å². The third kappa shape index (κ3) is 5.06. The van der Waals surface area contributed by atoms with Crippen LogP contribution in [0.3, 0.4) is 0 Å². The Labute approximate surface area is 134 Å². The molecule has 0 aromatic rings. The Bertz CT molecular complexity index is 320. The molecule has 2 unspecified atom stereocenters. The highest BCUT2D eigenvalue weighted by Gasteiger charge is 2.36. The van der Waals surface area contributed by atoms with Crippen molar-refractivity contribution in [3.8, 4) is 0 Å². The van der Waals surface area contributed by atoms with Gasteiger partial charge in [-0.1, -0.05) is 6.42 Å². The number of nitrogens with one attached hydrogen (secondary N) is 2. The van der Waals surface area contributed by atoms with Crippen LogP contribution < -0.4 is 10.6 Å². The first-order valence-corrected chi connectivity index (χ1v) is 9.82. The van der Waals surface area contributed by atoms with Crippen molar-refractivity contribution >= 4 is 17.7 Å². The summed E-state index contributed by atoms with van der Waals surface area (Å²) in [6.45, 7) is 1.03. The van der Waals surface area contributed by atoms with Crippen molar-refractivity contribution in [2.24, 2.45) is 4.99 Å². The van der Waals surface area contributed by atoms with E-state index in [2.05, 4.69) is 33.8 Å². The molecule has 0 radical (unpaired) electrons. The number of guanidine groups is 1. The SMILES string of the molecule is CN=C(NCCCCSC)NC1CC2CCCC(C1)N2C. The summed E-state index contributed by atoms with van der Waals surface area (Å²) in [5.41, 5.74) is 0. The van der Waals surface area contributed by atoms with Gasteiger partial charge in [-0.3, -0.25) is 4.99 Å². The summed E-state index contributed by atoms with van der Waals surface area (Å²) in [6, 6.07) is 2.14. The number of rotatable bonds is 6. The zero-order valence-corrected chi connectivity index (χ0v) is 14.7. The lowest BCUT2D eigenvalue weighted by atomic mass is 9.82. The van der Waals surface area contributed by atoms with Crippen molar-refractivity contribution in [3.05, 3.63) is 0 Å². The topological polar surface area (TPSA) is 39.7 Å². The third-order valence-corrected chi connectivity index (χ3v) is 5.67. The minimum absolute atomic E-state index is 0.592. The maximum atomic E-state index is 4.39. The number of hydrogen-bond donors (Lipinski definition) is 2. The molecule has 2 saturated heterocycles. The molecule has 2 aliphatic heterocycles. The van der Waals surface area contributed by atoms with E-state index in [4.69, 9.17) is 0 Å². The van der Waals surface area contributed by atoms with E-state index < -0.39 is 0 Å². The van der Waals surface area contributed by atoms with Crippen molar-refractivity contribution in [1.82, 2.24) is 15.5 Å². The van der Waals surface area contributed by atoms with E-state index in [1.54, 1.807) is 0 Å². The molecule has 4 nitrogen and oxygen atoms in total.